The van der Waals surface area contributed by atoms with Crippen molar-refractivity contribution in [2.45, 2.75) is 17.7 Å². The van der Waals surface area contributed by atoms with Gasteiger partial charge in [0, 0.05) is 18.0 Å². The second kappa shape index (κ2) is 7.13. The minimum atomic E-state index is -0.794. The van der Waals surface area contributed by atoms with Gasteiger partial charge in [0.1, 0.15) is 5.82 Å². The zero-order valence-electron chi connectivity index (χ0n) is 11.2. The Labute approximate surface area is 131 Å². The number of hydrogen-bond acceptors (Lipinski definition) is 3. The molecule has 21 heavy (non-hydrogen) atoms. The van der Waals surface area contributed by atoms with E-state index in [0.717, 1.165) is 4.90 Å². The molecular weight excluding hydrogens is 317 g/mol. The van der Waals surface area contributed by atoms with Crippen molar-refractivity contribution in [3.8, 4) is 0 Å². The summed E-state index contributed by atoms with van der Waals surface area (Å²) in [4.78, 5) is 25.3. The number of aliphatic carboxylic acids is 1. The normalized spacial score (nSPS) is 16.0. The van der Waals surface area contributed by atoms with E-state index in [9.17, 15) is 14.0 Å². The molecule has 2 rings (SSSR count). The number of amides is 1. The second-order valence-corrected chi connectivity index (χ2v) is 6.31. The fraction of sp³-hybridized carbons (Fsp3) is 0.429. The number of carboxylic acids is 1. The molecule has 114 valence electrons. The minimum absolute atomic E-state index is 0.0368. The molecule has 4 nitrogen and oxygen atoms in total. The molecule has 1 aliphatic heterocycles. The number of thioether (sulfide) groups is 1. The smallest absolute Gasteiger partial charge is 0.306 e. The van der Waals surface area contributed by atoms with E-state index in [-0.39, 0.29) is 22.6 Å². The number of benzene rings is 1. The number of halogens is 2. The predicted molar refractivity (Wildman–Crippen MR) is 79.1 cm³/mol. The van der Waals surface area contributed by atoms with Gasteiger partial charge in [-0.05, 0) is 31.0 Å². The zero-order valence-corrected chi connectivity index (χ0v) is 12.8. The molecule has 1 aliphatic rings. The average Bonchev–Trinajstić information content (AvgIpc) is 2.48. The molecule has 0 aliphatic carbocycles. The van der Waals surface area contributed by atoms with Crippen LogP contribution in [0.25, 0.3) is 0 Å². The molecule has 0 saturated carbocycles. The predicted octanol–water partition coefficient (Wildman–Crippen LogP) is 2.89. The molecule has 0 atom stereocenters. The highest BCUT2D eigenvalue weighted by atomic mass is 35.5. The topological polar surface area (TPSA) is 57.6 Å². The number of carbonyl (C=O) groups excluding carboxylic acids is 1. The van der Waals surface area contributed by atoms with Crippen molar-refractivity contribution in [3.05, 3.63) is 29.0 Å². The first-order chi connectivity index (χ1) is 9.97. The minimum Gasteiger partial charge on any atom is -0.481 e. The summed E-state index contributed by atoms with van der Waals surface area (Å²) in [5, 5.41) is 8.95. The lowest BCUT2D eigenvalue weighted by Gasteiger charge is -2.30. The standard InChI is InChI=1S/C14H15ClFNO3S/c15-11-7-10(1-2-12(11)16)21-8-13(18)17-5-3-9(4-6-17)14(19)20/h1-2,7,9H,3-6,8H2,(H,19,20). The summed E-state index contributed by atoms with van der Waals surface area (Å²) in [6.07, 6.45) is 0.988. The number of piperidine rings is 1. The van der Waals surface area contributed by atoms with Crippen LogP contribution in [0.3, 0.4) is 0 Å². The Kier molecular flexibility index (Phi) is 5.47. The Morgan fingerprint density at radius 3 is 2.62 bits per heavy atom. The molecule has 0 spiro atoms. The average molecular weight is 332 g/mol. The molecule has 1 fully saturated rings. The van der Waals surface area contributed by atoms with Crippen LogP contribution in [-0.4, -0.2) is 40.7 Å². The summed E-state index contributed by atoms with van der Waals surface area (Å²) in [6.45, 7) is 0.946. The summed E-state index contributed by atoms with van der Waals surface area (Å²) >= 11 is 6.98. The van der Waals surface area contributed by atoms with Gasteiger partial charge in [-0.3, -0.25) is 9.59 Å². The van der Waals surface area contributed by atoms with Crippen LogP contribution < -0.4 is 0 Å². The van der Waals surface area contributed by atoms with Gasteiger partial charge in [0.05, 0.1) is 16.7 Å². The van der Waals surface area contributed by atoms with Gasteiger partial charge in [0.25, 0.3) is 0 Å². The molecule has 1 aromatic rings. The van der Waals surface area contributed by atoms with Crippen molar-refractivity contribution in [1.29, 1.82) is 0 Å². The Morgan fingerprint density at radius 2 is 2.05 bits per heavy atom. The maximum atomic E-state index is 13.0. The summed E-state index contributed by atoms with van der Waals surface area (Å²) in [6, 6.07) is 4.34. The maximum Gasteiger partial charge on any atom is 0.306 e. The van der Waals surface area contributed by atoms with Crippen LogP contribution >= 0.6 is 23.4 Å². The molecule has 0 aromatic heterocycles. The Balaban J connectivity index is 1.82. The van der Waals surface area contributed by atoms with E-state index in [1.807, 2.05) is 0 Å². The SMILES string of the molecule is O=C(O)C1CCN(C(=O)CSc2ccc(F)c(Cl)c2)CC1. The van der Waals surface area contributed by atoms with E-state index in [4.69, 9.17) is 16.7 Å². The highest BCUT2D eigenvalue weighted by Crippen LogP contribution is 2.25. The monoisotopic (exact) mass is 331 g/mol. The zero-order chi connectivity index (χ0) is 15.4. The van der Waals surface area contributed by atoms with Gasteiger partial charge >= 0.3 is 5.97 Å². The molecule has 0 unspecified atom stereocenters. The second-order valence-electron chi connectivity index (χ2n) is 4.86. The molecule has 1 amide bonds. The quantitative estimate of drug-likeness (QED) is 0.862. The van der Waals surface area contributed by atoms with Crippen LogP contribution in [0, 0.1) is 11.7 Å². The van der Waals surface area contributed by atoms with Crippen LogP contribution in [-0.2, 0) is 9.59 Å². The van der Waals surface area contributed by atoms with Crippen LogP contribution in [0.4, 0.5) is 4.39 Å². The Hall–Kier alpha value is -1.27. The fourth-order valence-corrected chi connectivity index (χ4v) is 3.26. The van der Waals surface area contributed by atoms with Gasteiger partial charge < -0.3 is 10.0 Å². The third kappa shape index (κ3) is 4.35. The molecule has 0 bridgehead atoms. The molecule has 1 aromatic carbocycles. The summed E-state index contributed by atoms with van der Waals surface area (Å²) in [7, 11) is 0. The van der Waals surface area contributed by atoms with Crippen molar-refractivity contribution in [1.82, 2.24) is 4.90 Å². The number of likely N-dealkylation sites (tertiary alicyclic amines) is 1. The van der Waals surface area contributed by atoms with E-state index < -0.39 is 11.8 Å². The molecule has 0 radical (unpaired) electrons. The van der Waals surface area contributed by atoms with E-state index in [1.165, 1.54) is 23.9 Å². The Bertz CT molecular complexity index is 547. The van der Waals surface area contributed by atoms with Crippen molar-refractivity contribution in [2.75, 3.05) is 18.8 Å². The lowest BCUT2D eigenvalue weighted by molar-refractivity contribution is -0.145. The van der Waals surface area contributed by atoms with Gasteiger partial charge in [-0.25, -0.2) is 4.39 Å². The number of rotatable bonds is 4. The van der Waals surface area contributed by atoms with E-state index >= 15 is 0 Å². The maximum absolute atomic E-state index is 13.0. The van der Waals surface area contributed by atoms with Crippen molar-refractivity contribution in [2.24, 2.45) is 5.92 Å². The molecule has 1 saturated heterocycles. The van der Waals surface area contributed by atoms with Crippen molar-refractivity contribution >= 4 is 35.2 Å². The lowest BCUT2D eigenvalue weighted by Crippen LogP contribution is -2.41. The van der Waals surface area contributed by atoms with Gasteiger partial charge in [0.2, 0.25) is 5.91 Å². The van der Waals surface area contributed by atoms with E-state index in [2.05, 4.69) is 0 Å². The number of carboxylic acid groups (broad SMARTS) is 1. The molecule has 1 N–H and O–H groups in total. The van der Waals surface area contributed by atoms with Crippen molar-refractivity contribution in [3.63, 3.8) is 0 Å². The number of hydrogen-bond donors (Lipinski definition) is 1. The first-order valence-corrected chi connectivity index (χ1v) is 7.92. The lowest BCUT2D eigenvalue weighted by atomic mass is 9.97. The van der Waals surface area contributed by atoms with E-state index in [0.29, 0.717) is 25.9 Å². The van der Waals surface area contributed by atoms with Crippen LogP contribution in [0.5, 0.6) is 0 Å². The van der Waals surface area contributed by atoms with E-state index in [1.54, 1.807) is 11.0 Å². The fourth-order valence-electron chi connectivity index (χ4n) is 2.18. The Morgan fingerprint density at radius 1 is 1.38 bits per heavy atom. The summed E-state index contributed by atoms with van der Waals surface area (Å²) in [5.74, 6) is -1.43. The highest BCUT2D eigenvalue weighted by molar-refractivity contribution is 8.00. The van der Waals surface area contributed by atoms with Crippen molar-refractivity contribution < 1.29 is 19.1 Å². The number of carbonyl (C=O) groups is 2. The van der Waals surface area contributed by atoms with Gasteiger partial charge in [-0.1, -0.05) is 11.6 Å². The molecule has 7 heteroatoms. The highest BCUT2D eigenvalue weighted by Gasteiger charge is 2.26. The third-order valence-corrected chi connectivity index (χ3v) is 4.72. The first-order valence-electron chi connectivity index (χ1n) is 6.56. The number of nitrogens with zero attached hydrogens (tertiary/aromatic N) is 1. The van der Waals surface area contributed by atoms with Gasteiger partial charge in [0.15, 0.2) is 0 Å². The summed E-state index contributed by atoms with van der Waals surface area (Å²) < 4.78 is 13.0. The van der Waals surface area contributed by atoms with Gasteiger partial charge in [-0.15, -0.1) is 11.8 Å². The molecule has 1 heterocycles. The third-order valence-electron chi connectivity index (χ3n) is 3.45. The summed E-state index contributed by atoms with van der Waals surface area (Å²) in [5.41, 5.74) is 0. The largest absolute Gasteiger partial charge is 0.481 e. The van der Waals surface area contributed by atoms with Gasteiger partial charge in [-0.2, -0.15) is 0 Å². The van der Waals surface area contributed by atoms with Crippen LogP contribution in [0.1, 0.15) is 12.8 Å². The van der Waals surface area contributed by atoms with Crippen LogP contribution in [0.15, 0.2) is 23.1 Å². The van der Waals surface area contributed by atoms with Crippen LogP contribution in [0.2, 0.25) is 5.02 Å². The first kappa shape index (κ1) is 16.1. The molecular formula is C14H15ClFNO3S.